The molecule has 6 heteroatoms. The van der Waals surface area contributed by atoms with Crippen molar-refractivity contribution in [3.63, 3.8) is 0 Å². The number of benzene rings is 2. The van der Waals surface area contributed by atoms with Gasteiger partial charge in [0.15, 0.2) is 0 Å². The molecule has 0 aliphatic heterocycles. The average molecular weight is 447 g/mol. The second-order valence-electron chi connectivity index (χ2n) is 9.35. The van der Waals surface area contributed by atoms with Crippen LogP contribution in [0.2, 0.25) is 5.04 Å². The average Bonchev–Trinajstić information content (AvgIpc) is 2.70. The largest absolute Gasteiger partial charge is 0.407 e. The van der Waals surface area contributed by atoms with E-state index in [1.807, 2.05) is 26.0 Å². The summed E-state index contributed by atoms with van der Waals surface area (Å²) in [6, 6.07) is 20.9. The predicted molar refractivity (Wildman–Crippen MR) is 127 cm³/mol. The topological polar surface area (TPSA) is 52.6 Å². The fourth-order valence-corrected chi connectivity index (χ4v) is 8.75. The van der Waals surface area contributed by atoms with Crippen molar-refractivity contribution in [3.8, 4) is 0 Å². The highest BCUT2D eigenvalue weighted by Crippen LogP contribution is 2.37. The van der Waals surface area contributed by atoms with Crippen LogP contribution in [0.3, 0.4) is 0 Å². The standard InChI is InChI=1S/C24H34O4SSi/c1-7-29(25,26)27-20-24(5,6)18-19-28-30(23(2,3)4,21-14-10-8-11-15-21)22-16-12-9-13-17-22/h7-17H,1,18-20H2,2-6H3. The zero-order chi connectivity index (χ0) is 22.5. The Morgan fingerprint density at radius 3 is 1.77 bits per heavy atom. The molecule has 2 aromatic carbocycles. The van der Waals surface area contributed by atoms with E-state index in [1.165, 1.54) is 10.4 Å². The van der Waals surface area contributed by atoms with E-state index in [9.17, 15) is 8.42 Å². The van der Waals surface area contributed by atoms with Gasteiger partial charge in [-0.05, 0) is 27.2 Å². The summed E-state index contributed by atoms with van der Waals surface area (Å²) in [7, 11) is -6.27. The van der Waals surface area contributed by atoms with Crippen molar-refractivity contribution in [2.45, 2.75) is 46.1 Å². The second-order valence-corrected chi connectivity index (χ2v) is 15.2. The molecule has 2 rings (SSSR count). The Bertz CT molecular complexity index is 877. The lowest BCUT2D eigenvalue weighted by Gasteiger charge is -2.43. The van der Waals surface area contributed by atoms with Gasteiger partial charge in [0.1, 0.15) is 0 Å². The van der Waals surface area contributed by atoms with Crippen LogP contribution in [-0.2, 0) is 18.7 Å². The lowest BCUT2D eigenvalue weighted by Crippen LogP contribution is -2.66. The molecule has 164 valence electrons. The minimum atomic E-state index is -3.68. The van der Waals surface area contributed by atoms with E-state index in [0.29, 0.717) is 13.0 Å². The normalized spacial score (nSPS) is 13.2. The first-order valence-electron chi connectivity index (χ1n) is 10.2. The smallest absolute Gasteiger partial charge is 0.289 e. The van der Waals surface area contributed by atoms with Crippen molar-refractivity contribution >= 4 is 28.8 Å². The summed E-state index contributed by atoms with van der Waals surface area (Å²) in [5, 5.41) is 3.20. The van der Waals surface area contributed by atoms with Gasteiger partial charge in [0.25, 0.3) is 18.4 Å². The molecule has 30 heavy (non-hydrogen) atoms. The van der Waals surface area contributed by atoms with Crippen LogP contribution in [0.15, 0.2) is 72.7 Å². The molecule has 0 bridgehead atoms. The second kappa shape index (κ2) is 9.60. The van der Waals surface area contributed by atoms with E-state index in [2.05, 4.69) is 75.9 Å². The van der Waals surface area contributed by atoms with Crippen LogP contribution < -0.4 is 10.4 Å². The molecule has 0 unspecified atom stereocenters. The molecule has 0 aliphatic rings. The van der Waals surface area contributed by atoms with Gasteiger partial charge in [0, 0.05) is 6.61 Å². The van der Waals surface area contributed by atoms with E-state index in [-0.39, 0.29) is 17.1 Å². The van der Waals surface area contributed by atoms with Crippen molar-refractivity contribution < 1.29 is 17.0 Å². The zero-order valence-corrected chi connectivity index (χ0v) is 20.5. The van der Waals surface area contributed by atoms with E-state index in [4.69, 9.17) is 8.61 Å². The van der Waals surface area contributed by atoms with Crippen LogP contribution in [0.4, 0.5) is 0 Å². The molecule has 2 aromatic rings. The maximum atomic E-state index is 11.6. The Morgan fingerprint density at radius 2 is 1.37 bits per heavy atom. The maximum Gasteiger partial charge on any atom is 0.289 e. The van der Waals surface area contributed by atoms with Crippen LogP contribution in [0, 0.1) is 5.41 Å². The summed E-state index contributed by atoms with van der Waals surface area (Å²) in [6.07, 6.45) is 0.671. The SMILES string of the molecule is C=CS(=O)(=O)OCC(C)(C)CCO[Si](c1ccccc1)(c1ccccc1)C(C)(C)C. The molecule has 0 atom stereocenters. The Kier molecular flexibility index (Phi) is 7.85. The van der Waals surface area contributed by atoms with Gasteiger partial charge >= 0.3 is 0 Å². The molecular formula is C24H34O4SSi. The summed E-state index contributed by atoms with van der Waals surface area (Å²) in [5.74, 6) is 0. The minimum Gasteiger partial charge on any atom is -0.407 e. The predicted octanol–water partition coefficient (Wildman–Crippen LogP) is 4.47. The van der Waals surface area contributed by atoms with Crippen LogP contribution in [-0.4, -0.2) is 29.9 Å². The summed E-state index contributed by atoms with van der Waals surface area (Å²) >= 11 is 0. The van der Waals surface area contributed by atoms with E-state index in [1.54, 1.807) is 0 Å². The molecule has 0 saturated heterocycles. The van der Waals surface area contributed by atoms with Gasteiger partial charge in [0.05, 0.1) is 12.0 Å². The molecule has 0 aliphatic carbocycles. The van der Waals surface area contributed by atoms with Crippen molar-refractivity contribution in [2.24, 2.45) is 5.41 Å². The fourth-order valence-electron chi connectivity index (χ4n) is 3.60. The minimum absolute atomic E-state index is 0.0888. The Hall–Kier alpha value is -1.73. The number of hydrogen-bond acceptors (Lipinski definition) is 4. The van der Waals surface area contributed by atoms with Gasteiger partial charge in [-0.15, -0.1) is 0 Å². The van der Waals surface area contributed by atoms with Crippen molar-refractivity contribution in [1.82, 2.24) is 0 Å². The maximum absolute atomic E-state index is 11.6. The lowest BCUT2D eigenvalue weighted by atomic mass is 9.91. The van der Waals surface area contributed by atoms with Crippen molar-refractivity contribution in [3.05, 3.63) is 72.7 Å². The first kappa shape index (κ1) is 24.5. The number of rotatable bonds is 10. The summed E-state index contributed by atoms with van der Waals surface area (Å²) in [5.41, 5.74) is -0.360. The quantitative estimate of drug-likeness (QED) is 0.399. The van der Waals surface area contributed by atoms with Gasteiger partial charge in [-0.3, -0.25) is 4.18 Å². The molecule has 0 spiro atoms. The third-order valence-corrected chi connectivity index (χ3v) is 11.2. The molecule has 0 aromatic heterocycles. The molecule has 0 amide bonds. The van der Waals surface area contributed by atoms with Crippen LogP contribution >= 0.6 is 0 Å². The molecular weight excluding hydrogens is 412 g/mol. The monoisotopic (exact) mass is 446 g/mol. The summed E-state index contributed by atoms with van der Waals surface area (Å²) in [4.78, 5) is 0. The Balaban J connectivity index is 2.32. The van der Waals surface area contributed by atoms with Crippen LogP contribution in [0.5, 0.6) is 0 Å². The van der Waals surface area contributed by atoms with Crippen molar-refractivity contribution in [1.29, 1.82) is 0 Å². The highest BCUT2D eigenvalue weighted by Gasteiger charge is 2.50. The third-order valence-electron chi connectivity index (χ3n) is 5.33. The highest BCUT2D eigenvalue weighted by atomic mass is 32.2. The van der Waals surface area contributed by atoms with Gasteiger partial charge in [-0.2, -0.15) is 8.42 Å². The molecule has 0 radical (unpaired) electrons. The first-order valence-corrected chi connectivity index (χ1v) is 13.6. The highest BCUT2D eigenvalue weighted by molar-refractivity contribution is 7.89. The Morgan fingerprint density at radius 1 is 0.900 bits per heavy atom. The summed E-state index contributed by atoms with van der Waals surface area (Å²) in [6.45, 7) is 14.6. The lowest BCUT2D eigenvalue weighted by molar-refractivity contribution is 0.146. The molecule has 0 heterocycles. The zero-order valence-electron chi connectivity index (χ0n) is 18.7. The number of hydrogen-bond donors (Lipinski definition) is 0. The van der Waals surface area contributed by atoms with E-state index < -0.39 is 18.4 Å². The van der Waals surface area contributed by atoms with Gasteiger partial charge in [0.2, 0.25) is 0 Å². The van der Waals surface area contributed by atoms with Gasteiger partial charge in [-0.25, -0.2) is 0 Å². The molecule has 0 saturated carbocycles. The van der Waals surface area contributed by atoms with Crippen LogP contribution in [0.1, 0.15) is 41.0 Å². The third kappa shape index (κ3) is 5.91. The summed E-state index contributed by atoms with van der Waals surface area (Å²) < 4.78 is 35.2. The molecule has 4 nitrogen and oxygen atoms in total. The van der Waals surface area contributed by atoms with E-state index >= 15 is 0 Å². The van der Waals surface area contributed by atoms with E-state index in [0.717, 1.165) is 5.41 Å². The molecule has 0 N–H and O–H groups in total. The Labute approximate surface area is 183 Å². The first-order chi connectivity index (χ1) is 13.9. The molecule has 0 fully saturated rings. The van der Waals surface area contributed by atoms with Crippen LogP contribution in [0.25, 0.3) is 0 Å². The van der Waals surface area contributed by atoms with Gasteiger partial charge < -0.3 is 4.43 Å². The van der Waals surface area contributed by atoms with Crippen molar-refractivity contribution in [2.75, 3.05) is 13.2 Å². The van der Waals surface area contributed by atoms with Gasteiger partial charge in [-0.1, -0.05) is 102 Å². The fraction of sp³-hybridized carbons (Fsp3) is 0.417.